The number of hydrogen-bond donors (Lipinski definition) is 1. The Labute approximate surface area is 109 Å². The molecule has 0 saturated carbocycles. The van der Waals surface area contributed by atoms with Crippen LogP contribution in [0.5, 0.6) is 0 Å². The Bertz CT molecular complexity index is 591. The van der Waals surface area contributed by atoms with E-state index in [2.05, 4.69) is 10.3 Å². The maximum atomic E-state index is 12.6. The van der Waals surface area contributed by atoms with Crippen LogP contribution in [0.3, 0.4) is 0 Å². The number of aromatic nitrogens is 3. The van der Waals surface area contributed by atoms with Gasteiger partial charge in [-0.25, -0.2) is 13.5 Å². The minimum atomic E-state index is -4.75. The molecular weight excluding hydrogens is 285 g/mol. The lowest BCUT2D eigenvalue weighted by Gasteiger charge is -2.08. The highest BCUT2D eigenvalue weighted by Gasteiger charge is 2.38. The van der Waals surface area contributed by atoms with E-state index in [4.69, 9.17) is 5.11 Å². The summed E-state index contributed by atoms with van der Waals surface area (Å²) in [5.41, 5.74) is -2.03. The number of halogens is 5. The van der Waals surface area contributed by atoms with Crippen molar-refractivity contribution in [2.75, 3.05) is 0 Å². The summed E-state index contributed by atoms with van der Waals surface area (Å²) in [5, 5.41) is 15.3. The predicted molar refractivity (Wildman–Crippen MR) is 57.2 cm³/mol. The highest BCUT2D eigenvalue weighted by atomic mass is 19.4. The predicted octanol–water partition coefficient (Wildman–Crippen LogP) is 2.72. The van der Waals surface area contributed by atoms with E-state index in [1.807, 2.05) is 0 Å². The third-order valence-electron chi connectivity index (χ3n) is 2.57. The van der Waals surface area contributed by atoms with Gasteiger partial charge < -0.3 is 5.11 Å². The summed E-state index contributed by atoms with van der Waals surface area (Å²) in [7, 11) is 0. The SMILES string of the molecule is OCc1c(C(F)(F)F)nnn1-c1ccc(C(F)F)cc1. The van der Waals surface area contributed by atoms with Crippen molar-refractivity contribution < 1.29 is 27.1 Å². The Kier molecular flexibility index (Phi) is 3.71. The van der Waals surface area contributed by atoms with Gasteiger partial charge in [-0.1, -0.05) is 17.3 Å². The zero-order valence-corrected chi connectivity index (χ0v) is 9.77. The fraction of sp³-hybridized carbons (Fsp3) is 0.273. The average Bonchev–Trinajstić information content (AvgIpc) is 2.82. The Morgan fingerprint density at radius 1 is 1.15 bits per heavy atom. The number of aliphatic hydroxyl groups excluding tert-OH is 1. The molecule has 0 atom stereocenters. The molecule has 1 aromatic carbocycles. The molecular formula is C11H8F5N3O. The van der Waals surface area contributed by atoms with Gasteiger partial charge in [0.1, 0.15) is 5.69 Å². The highest BCUT2D eigenvalue weighted by molar-refractivity contribution is 5.36. The Morgan fingerprint density at radius 2 is 1.75 bits per heavy atom. The van der Waals surface area contributed by atoms with Crippen LogP contribution in [0.4, 0.5) is 22.0 Å². The van der Waals surface area contributed by atoms with E-state index in [1.54, 1.807) is 0 Å². The van der Waals surface area contributed by atoms with Gasteiger partial charge >= 0.3 is 6.18 Å². The first kappa shape index (κ1) is 14.4. The van der Waals surface area contributed by atoms with Gasteiger partial charge in [-0.15, -0.1) is 5.10 Å². The zero-order chi connectivity index (χ0) is 14.9. The highest BCUT2D eigenvalue weighted by Crippen LogP contribution is 2.31. The molecule has 20 heavy (non-hydrogen) atoms. The minimum Gasteiger partial charge on any atom is -0.390 e. The molecule has 0 fully saturated rings. The van der Waals surface area contributed by atoms with Crippen molar-refractivity contribution in [1.82, 2.24) is 15.0 Å². The monoisotopic (exact) mass is 293 g/mol. The van der Waals surface area contributed by atoms with Crippen LogP contribution < -0.4 is 0 Å². The quantitative estimate of drug-likeness (QED) is 0.885. The molecule has 1 aromatic heterocycles. The second-order valence-electron chi connectivity index (χ2n) is 3.84. The van der Waals surface area contributed by atoms with Gasteiger partial charge in [0.25, 0.3) is 6.43 Å². The van der Waals surface area contributed by atoms with Crippen molar-refractivity contribution >= 4 is 0 Å². The van der Waals surface area contributed by atoms with Crippen LogP contribution in [0.1, 0.15) is 23.4 Å². The lowest BCUT2D eigenvalue weighted by Crippen LogP contribution is -2.11. The Balaban J connectivity index is 2.45. The lowest BCUT2D eigenvalue weighted by molar-refractivity contribution is -0.142. The molecule has 0 spiro atoms. The third-order valence-corrected chi connectivity index (χ3v) is 2.57. The minimum absolute atomic E-state index is 0.0986. The Morgan fingerprint density at radius 3 is 2.20 bits per heavy atom. The van der Waals surface area contributed by atoms with Crippen LogP contribution in [0.2, 0.25) is 0 Å². The van der Waals surface area contributed by atoms with Gasteiger partial charge in [-0.2, -0.15) is 13.2 Å². The first-order chi connectivity index (χ1) is 9.34. The molecule has 0 radical (unpaired) electrons. The van der Waals surface area contributed by atoms with Crippen molar-refractivity contribution in [2.45, 2.75) is 19.2 Å². The fourth-order valence-corrected chi connectivity index (χ4v) is 1.63. The summed E-state index contributed by atoms with van der Waals surface area (Å²) in [6.45, 7) is -0.932. The molecule has 9 heteroatoms. The molecule has 0 saturated heterocycles. The smallest absolute Gasteiger partial charge is 0.390 e. The molecule has 0 aliphatic heterocycles. The number of alkyl halides is 5. The third kappa shape index (κ3) is 2.62. The number of benzene rings is 1. The van der Waals surface area contributed by atoms with Crippen molar-refractivity contribution in [3.63, 3.8) is 0 Å². The maximum Gasteiger partial charge on any atom is 0.437 e. The van der Waals surface area contributed by atoms with Crippen molar-refractivity contribution in [2.24, 2.45) is 0 Å². The molecule has 2 rings (SSSR count). The van der Waals surface area contributed by atoms with E-state index in [1.165, 1.54) is 12.1 Å². The van der Waals surface area contributed by atoms with Gasteiger partial charge in [0, 0.05) is 5.56 Å². The molecule has 0 amide bonds. The van der Waals surface area contributed by atoms with Crippen LogP contribution in [0.15, 0.2) is 24.3 Å². The summed E-state index contributed by atoms with van der Waals surface area (Å²) in [6.07, 6.45) is -7.43. The van der Waals surface area contributed by atoms with E-state index in [0.29, 0.717) is 0 Å². The Hall–Kier alpha value is -2.03. The van der Waals surface area contributed by atoms with Gasteiger partial charge in [0.05, 0.1) is 12.3 Å². The molecule has 1 heterocycles. The molecule has 2 aromatic rings. The van der Waals surface area contributed by atoms with E-state index in [-0.39, 0.29) is 11.3 Å². The first-order valence-corrected chi connectivity index (χ1v) is 5.35. The summed E-state index contributed by atoms with van der Waals surface area (Å²) in [5.74, 6) is 0. The fourth-order valence-electron chi connectivity index (χ4n) is 1.63. The van der Waals surface area contributed by atoms with Gasteiger partial charge in [0.15, 0.2) is 5.69 Å². The van der Waals surface area contributed by atoms with Gasteiger partial charge in [-0.3, -0.25) is 0 Å². The number of nitrogens with zero attached hydrogens (tertiary/aromatic N) is 3. The van der Waals surface area contributed by atoms with Gasteiger partial charge in [-0.05, 0) is 12.1 Å². The summed E-state index contributed by atoms with van der Waals surface area (Å²) in [6, 6.07) is 4.48. The number of hydrogen-bond acceptors (Lipinski definition) is 3. The van der Waals surface area contributed by atoms with E-state index in [9.17, 15) is 22.0 Å². The van der Waals surface area contributed by atoms with Crippen LogP contribution in [0, 0.1) is 0 Å². The van der Waals surface area contributed by atoms with Crippen LogP contribution in [-0.2, 0) is 12.8 Å². The molecule has 0 unspecified atom stereocenters. The zero-order valence-electron chi connectivity index (χ0n) is 9.77. The summed E-state index contributed by atoms with van der Waals surface area (Å²) in [4.78, 5) is 0. The van der Waals surface area contributed by atoms with E-state index < -0.39 is 30.6 Å². The van der Waals surface area contributed by atoms with E-state index >= 15 is 0 Å². The molecule has 4 nitrogen and oxygen atoms in total. The van der Waals surface area contributed by atoms with Crippen LogP contribution in [-0.4, -0.2) is 20.1 Å². The maximum absolute atomic E-state index is 12.6. The molecule has 108 valence electrons. The largest absolute Gasteiger partial charge is 0.437 e. The molecule has 1 N–H and O–H groups in total. The molecule has 0 bridgehead atoms. The first-order valence-electron chi connectivity index (χ1n) is 5.35. The normalized spacial score (nSPS) is 12.2. The number of aliphatic hydroxyl groups is 1. The topological polar surface area (TPSA) is 50.9 Å². The van der Waals surface area contributed by atoms with Crippen molar-refractivity contribution in [3.8, 4) is 5.69 Å². The second-order valence-corrected chi connectivity index (χ2v) is 3.84. The second kappa shape index (κ2) is 5.16. The van der Waals surface area contributed by atoms with Gasteiger partial charge in [0.2, 0.25) is 0 Å². The van der Waals surface area contributed by atoms with Crippen LogP contribution >= 0.6 is 0 Å². The lowest BCUT2D eigenvalue weighted by atomic mass is 10.2. The van der Waals surface area contributed by atoms with E-state index in [0.717, 1.165) is 16.8 Å². The average molecular weight is 293 g/mol. The van der Waals surface area contributed by atoms with Crippen molar-refractivity contribution in [1.29, 1.82) is 0 Å². The number of rotatable bonds is 3. The summed E-state index contributed by atoms with van der Waals surface area (Å²) < 4.78 is 63.4. The van der Waals surface area contributed by atoms with Crippen LogP contribution in [0.25, 0.3) is 5.69 Å². The summed E-state index contributed by atoms with van der Waals surface area (Å²) >= 11 is 0. The molecule has 0 aliphatic rings. The standard InChI is InChI=1S/C11H8F5N3O/c12-10(13)6-1-3-7(4-2-6)19-8(5-20)9(17-18-19)11(14,15)16/h1-4,10,20H,5H2. The molecule has 0 aliphatic carbocycles. The van der Waals surface area contributed by atoms with Crippen molar-refractivity contribution in [3.05, 3.63) is 41.2 Å².